The molecule has 1 amide bonds. The van der Waals surface area contributed by atoms with Gasteiger partial charge in [-0.3, -0.25) is 4.79 Å². The van der Waals surface area contributed by atoms with E-state index in [9.17, 15) is 4.79 Å². The third-order valence-electron chi connectivity index (χ3n) is 5.23. The number of anilines is 1. The molecule has 6 heteroatoms. The van der Waals surface area contributed by atoms with Crippen LogP contribution in [0.15, 0.2) is 24.3 Å². The van der Waals surface area contributed by atoms with Crippen LogP contribution in [0.1, 0.15) is 48.8 Å². The van der Waals surface area contributed by atoms with Gasteiger partial charge >= 0.3 is 0 Å². The molecule has 0 spiro atoms. The minimum Gasteiger partial charge on any atom is -0.493 e. The van der Waals surface area contributed by atoms with Crippen LogP contribution in [0.25, 0.3) is 0 Å². The Morgan fingerprint density at radius 3 is 2.45 bits per heavy atom. The number of piperazine rings is 1. The van der Waals surface area contributed by atoms with Crippen molar-refractivity contribution < 1.29 is 9.53 Å². The second-order valence-corrected chi connectivity index (χ2v) is 8.12. The van der Waals surface area contributed by atoms with Gasteiger partial charge in [-0.2, -0.15) is 0 Å². The van der Waals surface area contributed by atoms with E-state index in [2.05, 4.69) is 36.7 Å². The Morgan fingerprint density at radius 2 is 1.79 bits per heavy atom. The van der Waals surface area contributed by atoms with Crippen molar-refractivity contribution in [2.45, 2.75) is 47.0 Å². The first kappa shape index (κ1) is 21.1. The van der Waals surface area contributed by atoms with Crippen molar-refractivity contribution in [2.24, 2.45) is 0 Å². The van der Waals surface area contributed by atoms with E-state index in [1.165, 1.54) is 5.56 Å². The lowest BCUT2D eigenvalue weighted by Gasteiger charge is -2.35. The SMILES string of the molecule is Cc1ccc(OCCC(=O)N2CCN(c3cc(C)nc(C(C)C)n3)CC2)c(C)c1. The Balaban J connectivity index is 1.49. The van der Waals surface area contributed by atoms with E-state index in [0.717, 1.165) is 41.7 Å². The number of benzene rings is 1. The maximum absolute atomic E-state index is 12.6. The maximum atomic E-state index is 12.6. The number of amides is 1. The van der Waals surface area contributed by atoms with E-state index in [4.69, 9.17) is 9.72 Å². The van der Waals surface area contributed by atoms with Crippen molar-refractivity contribution in [2.75, 3.05) is 37.7 Å². The number of hydrogen-bond donors (Lipinski definition) is 0. The maximum Gasteiger partial charge on any atom is 0.226 e. The number of carbonyl (C=O) groups excluding carboxylic acids is 1. The lowest BCUT2D eigenvalue weighted by molar-refractivity contribution is -0.132. The van der Waals surface area contributed by atoms with Gasteiger partial charge in [0, 0.05) is 43.9 Å². The fraction of sp³-hybridized carbons (Fsp3) is 0.522. The van der Waals surface area contributed by atoms with E-state index in [1.54, 1.807) is 0 Å². The van der Waals surface area contributed by atoms with E-state index in [-0.39, 0.29) is 5.91 Å². The number of ether oxygens (including phenoxy) is 1. The van der Waals surface area contributed by atoms with E-state index >= 15 is 0 Å². The molecule has 2 heterocycles. The molecule has 0 atom stereocenters. The van der Waals surface area contributed by atoms with Crippen LogP contribution in [-0.4, -0.2) is 53.6 Å². The summed E-state index contributed by atoms with van der Waals surface area (Å²) < 4.78 is 5.82. The van der Waals surface area contributed by atoms with Gasteiger partial charge < -0.3 is 14.5 Å². The van der Waals surface area contributed by atoms with Crippen molar-refractivity contribution in [1.82, 2.24) is 14.9 Å². The molecule has 2 aromatic rings. The molecule has 29 heavy (non-hydrogen) atoms. The monoisotopic (exact) mass is 396 g/mol. The largest absolute Gasteiger partial charge is 0.493 e. The zero-order valence-electron chi connectivity index (χ0n) is 18.2. The summed E-state index contributed by atoms with van der Waals surface area (Å²) in [7, 11) is 0. The highest BCUT2D eigenvalue weighted by Crippen LogP contribution is 2.20. The molecule has 156 valence electrons. The van der Waals surface area contributed by atoms with E-state index < -0.39 is 0 Å². The molecule has 0 unspecified atom stereocenters. The average Bonchev–Trinajstić information content (AvgIpc) is 2.69. The highest BCUT2D eigenvalue weighted by molar-refractivity contribution is 5.76. The van der Waals surface area contributed by atoms with Crippen molar-refractivity contribution in [1.29, 1.82) is 0 Å². The van der Waals surface area contributed by atoms with Gasteiger partial charge in [-0.15, -0.1) is 0 Å². The smallest absolute Gasteiger partial charge is 0.226 e. The molecule has 0 aliphatic carbocycles. The van der Waals surface area contributed by atoms with Crippen LogP contribution in [0, 0.1) is 20.8 Å². The molecule has 0 saturated carbocycles. The van der Waals surface area contributed by atoms with Crippen LogP contribution < -0.4 is 9.64 Å². The van der Waals surface area contributed by atoms with Crippen LogP contribution in [-0.2, 0) is 4.79 Å². The minimum absolute atomic E-state index is 0.149. The average molecular weight is 397 g/mol. The topological polar surface area (TPSA) is 58.6 Å². The lowest BCUT2D eigenvalue weighted by Crippen LogP contribution is -2.49. The van der Waals surface area contributed by atoms with Gasteiger partial charge in [0.1, 0.15) is 17.4 Å². The first-order valence-electron chi connectivity index (χ1n) is 10.4. The van der Waals surface area contributed by atoms with Crippen molar-refractivity contribution >= 4 is 11.7 Å². The molecule has 1 saturated heterocycles. The molecule has 1 aliphatic rings. The molecule has 1 aliphatic heterocycles. The number of nitrogens with zero attached hydrogens (tertiary/aromatic N) is 4. The number of rotatable bonds is 6. The Hall–Kier alpha value is -2.63. The molecule has 1 aromatic heterocycles. The van der Waals surface area contributed by atoms with Gasteiger partial charge in [0.25, 0.3) is 0 Å². The fourth-order valence-electron chi connectivity index (χ4n) is 3.55. The van der Waals surface area contributed by atoms with Gasteiger partial charge in [-0.25, -0.2) is 9.97 Å². The molecule has 0 bridgehead atoms. The first-order chi connectivity index (χ1) is 13.8. The second-order valence-electron chi connectivity index (χ2n) is 8.12. The number of hydrogen-bond acceptors (Lipinski definition) is 5. The van der Waals surface area contributed by atoms with Gasteiger partial charge in [-0.05, 0) is 32.4 Å². The first-order valence-corrected chi connectivity index (χ1v) is 10.4. The van der Waals surface area contributed by atoms with Crippen molar-refractivity contribution in [3.05, 3.63) is 46.9 Å². The van der Waals surface area contributed by atoms with E-state index in [0.29, 0.717) is 32.0 Å². The Labute approximate surface area is 173 Å². The Morgan fingerprint density at radius 1 is 1.07 bits per heavy atom. The summed E-state index contributed by atoms with van der Waals surface area (Å²) in [6, 6.07) is 8.13. The molecule has 0 N–H and O–H groups in total. The van der Waals surface area contributed by atoms with Gasteiger partial charge in [-0.1, -0.05) is 31.5 Å². The molecule has 1 fully saturated rings. The predicted octanol–water partition coefficient (Wildman–Crippen LogP) is 3.64. The van der Waals surface area contributed by atoms with Crippen molar-refractivity contribution in [3.63, 3.8) is 0 Å². The number of carbonyl (C=O) groups is 1. The standard InChI is InChI=1S/C23H32N4O2/c1-16(2)23-24-19(5)15-21(25-23)26-9-11-27(12-10-26)22(28)8-13-29-20-7-6-17(3)14-18(20)4/h6-7,14-16H,8-13H2,1-5H3. The molecule has 3 rings (SSSR count). The minimum atomic E-state index is 0.149. The highest BCUT2D eigenvalue weighted by Gasteiger charge is 2.22. The quantitative estimate of drug-likeness (QED) is 0.746. The summed E-state index contributed by atoms with van der Waals surface area (Å²) in [5.74, 6) is 3.15. The van der Waals surface area contributed by atoms with Crippen molar-refractivity contribution in [3.8, 4) is 5.75 Å². The van der Waals surface area contributed by atoms with Crippen LogP contribution in [0.3, 0.4) is 0 Å². The highest BCUT2D eigenvalue weighted by atomic mass is 16.5. The van der Waals surface area contributed by atoms with Crippen LogP contribution in [0.5, 0.6) is 5.75 Å². The summed E-state index contributed by atoms with van der Waals surface area (Å²) in [6.07, 6.45) is 0.400. The lowest BCUT2D eigenvalue weighted by atomic mass is 10.1. The van der Waals surface area contributed by atoms with Gasteiger partial charge in [0.2, 0.25) is 5.91 Å². The summed E-state index contributed by atoms with van der Waals surface area (Å²) in [6.45, 7) is 13.7. The molecule has 6 nitrogen and oxygen atoms in total. The van der Waals surface area contributed by atoms with Crippen LogP contribution in [0.2, 0.25) is 0 Å². The summed E-state index contributed by atoms with van der Waals surface area (Å²) in [5.41, 5.74) is 3.30. The molecular weight excluding hydrogens is 364 g/mol. The molecular formula is C23H32N4O2. The van der Waals surface area contributed by atoms with E-state index in [1.807, 2.05) is 36.9 Å². The van der Waals surface area contributed by atoms with Crippen LogP contribution in [0.4, 0.5) is 5.82 Å². The summed E-state index contributed by atoms with van der Waals surface area (Å²) in [4.78, 5) is 26.0. The third-order valence-corrected chi connectivity index (χ3v) is 5.23. The molecule has 1 aromatic carbocycles. The fourth-order valence-corrected chi connectivity index (χ4v) is 3.55. The molecule has 0 radical (unpaired) electrons. The van der Waals surface area contributed by atoms with Crippen LogP contribution >= 0.6 is 0 Å². The van der Waals surface area contributed by atoms with Gasteiger partial charge in [0.05, 0.1) is 13.0 Å². The summed E-state index contributed by atoms with van der Waals surface area (Å²) in [5, 5.41) is 0. The third kappa shape index (κ3) is 5.46. The second kappa shape index (κ2) is 9.25. The zero-order valence-corrected chi connectivity index (χ0v) is 18.2. The normalized spacial score (nSPS) is 14.4. The zero-order chi connectivity index (χ0) is 21.0. The van der Waals surface area contributed by atoms with Gasteiger partial charge in [0.15, 0.2) is 0 Å². The number of aryl methyl sites for hydroxylation is 3. The predicted molar refractivity (Wildman–Crippen MR) is 116 cm³/mol. The Kier molecular flexibility index (Phi) is 6.72. The summed E-state index contributed by atoms with van der Waals surface area (Å²) >= 11 is 0. The Bertz CT molecular complexity index is 858. The number of aromatic nitrogens is 2.